The fraction of sp³-hybridized carbons (Fsp3) is 0.105. The molecule has 0 saturated heterocycles. The number of fused-ring (bicyclic) bond motifs is 3. The second-order valence-electron chi connectivity index (χ2n) is 5.97. The van der Waals surface area contributed by atoms with Crippen molar-refractivity contribution in [3.63, 3.8) is 0 Å². The van der Waals surface area contributed by atoms with Crippen molar-refractivity contribution < 1.29 is 17.6 Å². The number of nitriles is 1. The second-order valence-corrected chi connectivity index (χ2v) is 5.97. The van der Waals surface area contributed by atoms with Crippen LogP contribution in [0.4, 0.5) is 13.2 Å². The number of hydrogen-bond acceptors (Lipinski definition) is 4. The fourth-order valence-corrected chi connectivity index (χ4v) is 2.97. The zero-order valence-corrected chi connectivity index (χ0v) is 13.8. The highest BCUT2D eigenvalue weighted by molar-refractivity contribution is 6.01. The van der Waals surface area contributed by atoms with Gasteiger partial charge < -0.3 is 8.98 Å². The Bertz CT molecular complexity index is 1290. The van der Waals surface area contributed by atoms with Crippen molar-refractivity contribution in [2.24, 2.45) is 7.05 Å². The number of benzene rings is 2. The highest BCUT2D eigenvalue weighted by Gasteiger charge is 2.37. The van der Waals surface area contributed by atoms with Gasteiger partial charge in [0.25, 0.3) is 0 Å². The van der Waals surface area contributed by atoms with Gasteiger partial charge in [-0.3, -0.25) is 4.79 Å². The molecule has 0 atom stereocenters. The summed E-state index contributed by atoms with van der Waals surface area (Å²) in [6.45, 7) is 0. The first-order chi connectivity index (χ1) is 12.8. The maximum atomic E-state index is 13.2. The maximum absolute atomic E-state index is 13.2. The molecule has 0 aliphatic rings. The van der Waals surface area contributed by atoms with Crippen LogP contribution in [0.5, 0.6) is 0 Å². The first-order valence-electron chi connectivity index (χ1n) is 7.80. The molecule has 0 aliphatic carbocycles. The van der Waals surface area contributed by atoms with E-state index < -0.39 is 17.4 Å². The Morgan fingerprint density at radius 2 is 1.85 bits per heavy atom. The zero-order valence-electron chi connectivity index (χ0n) is 13.8. The highest BCUT2D eigenvalue weighted by Crippen LogP contribution is 2.34. The average Bonchev–Trinajstić information content (AvgIpc) is 2.99. The van der Waals surface area contributed by atoms with E-state index in [0.717, 1.165) is 4.57 Å². The third kappa shape index (κ3) is 2.64. The Balaban J connectivity index is 2.03. The molecule has 0 N–H and O–H groups in total. The lowest BCUT2D eigenvalue weighted by atomic mass is 10.1. The average molecular weight is 369 g/mol. The van der Waals surface area contributed by atoms with E-state index in [1.165, 1.54) is 25.2 Å². The largest absolute Gasteiger partial charge is 0.453 e. The molecule has 4 rings (SSSR count). The summed E-state index contributed by atoms with van der Waals surface area (Å²) in [4.78, 5) is 16.1. The van der Waals surface area contributed by atoms with E-state index in [4.69, 9.17) is 9.68 Å². The van der Waals surface area contributed by atoms with Gasteiger partial charge in [-0.25, -0.2) is 4.98 Å². The molecule has 0 bridgehead atoms. The smallest absolute Gasteiger partial charge is 0.449 e. The number of hydrogen-bond donors (Lipinski definition) is 0. The highest BCUT2D eigenvalue weighted by atomic mass is 19.4. The van der Waals surface area contributed by atoms with Crippen molar-refractivity contribution in [3.05, 3.63) is 64.1 Å². The number of aryl methyl sites for hydroxylation is 1. The molecule has 2 heterocycles. The monoisotopic (exact) mass is 369 g/mol. The van der Waals surface area contributed by atoms with E-state index in [-0.39, 0.29) is 27.8 Å². The molecule has 134 valence electrons. The second kappa shape index (κ2) is 5.71. The van der Waals surface area contributed by atoms with Crippen LogP contribution in [-0.4, -0.2) is 9.55 Å². The van der Waals surface area contributed by atoms with Gasteiger partial charge in [0, 0.05) is 18.7 Å². The van der Waals surface area contributed by atoms with E-state index in [9.17, 15) is 18.0 Å². The minimum absolute atomic E-state index is 0.00883. The van der Waals surface area contributed by atoms with Crippen molar-refractivity contribution >= 4 is 22.0 Å². The molecule has 0 amide bonds. The predicted octanol–water partition coefficient (Wildman–Crippen LogP) is 4.24. The van der Waals surface area contributed by atoms with Crippen molar-refractivity contribution in [2.45, 2.75) is 6.18 Å². The first kappa shape index (κ1) is 16.8. The van der Waals surface area contributed by atoms with Crippen LogP contribution in [0.3, 0.4) is 0 Å². The Morgan fingerprint density at radius 1 is 1.15 bits per heavy atom. The van der Waals surface area contributed by atoms with Gasteiger partial charge in [0.1, 0.15) is 11.3 Å². The topological polar surface area (TPSA) is 71.8 Å². The molecule has 0 fully saturated rings. The van der Waals surface area contributed by atoms with E-state index in [1.54, 1.807) is 24.3 Å². The predicted molar refractivity (Wildman–Crippen MR) is 91.9 cm³/mol. The number of nitrogens with zero attached hydrogens (tertiary/aromatic N) is 3. The summed E-state index contributed by atoms with van der Waals surface area (Å²) in [6.07, 6.45) is -4.63. The Kier molecular flexibility index (Phi) is 3.56. The summed E-state index contributed by atoms with van der Waals surface area (Å²) >= 11 is 0. The van der Waals surface area contributed by atoms with Crippen LogP contribution < -0.4 is 5.43 Å². The minimum atomic E-state index is -4.63. The van der Waals surface area contributed by atoms with Crippen LogP contribution >= 0.6 is 0 Å². The molecule has 0 aliphatic heterocycles. The summed E-state index contributed by atoms with van der Waals surface area (Å²) < 4.78 is 46.2. The number of aromatic nitrogens is 2. The molecule has 27 heavy (non-hydrogen) atoms. The van der Waals surface area contributed by atoms with E-state index in [2.05, 4.69) is 4.98 Å². The zero-order chi connectivity index (χ0) is 19.3. The van der Waals surface area contributed by atoms with Crippen molar-refractivity contribution in [1.82, 2.24) is 9.55 Å². The van der Waals surface area contributed by atoms with Gasteiger partial charge >= 0.3 is 6.18 Å². The van der Waals surface area contributed by atoms with Crippen LogP contribution in [-0.2, 0) is 13.2 Å². The SMILES string of the molecule is Cn1c(C(F)(F)F)nc2c3oc(-c4ccc(C#N)cc4)cc(=O)c3ccc21. The minimum Gasteiger partial charge on any atom is -0.453 e. The van der Waals surface area contributed by atoms with Crippen LogP contribution in [0.2, 0.25) is 0 Å². The summed E-state index contributed by atoms with van der Waals surface area (Å²) in [5.41, 5.74) is 0.729. The molecule has 0 spiro atoms. The van der Waals surface area contributed by atoms with Crippen molar-refractivity contribution in [2.75, 3.05) is 0 Å². The lowest BCUT2D eigenvalue weighted by Gasteiger charge is -2.05. The standard InChI is InChI=1S/C19H10F3N3O2/c1-25-13-7-6-12-14(26)8-15(11-4-2-10(9-23)3-5-11)27-17(12)16(13)24-18(25)19(20,21)22/h2-8H,1H3. The van der Waals surface area contributed by atoms with Gasteiger partial charge in [0.05, 0.1) is 22.5 Å². The van der Waals surface area contributed by atoms with E-state index in [0.29, 0.717) is 11.1 Å². The molecule has 0 unspecified atom stereocenters. The Hall–Kier alpha value is -3.60. The van der Waals surface area contributed by atoms with Gasteiger partial charge in [-0.1, -0.05) is 0 Å². The lowest BCUT2D eigenvalue weighted by Crippen LogP contribution is -2.12. The number of alkyl halides is 3. The summed E-state index contributed by atoms with van der Waals surface area (Å²) in [5, 5.41) is 9.02. The van der Waals surface area contributed by atoms with Crippen LogP contribution in [0.1, 0.15) is 11.4 Å². The molecule has 0 radical (unpaired) electrons. The van der Waals surface area contributed by atoms with Crippen molar-refractivity contribution in [3.8, 4) is 17.4 Å². The molecule has 2 aromatic heterocycles. The maximum Gasteiger partial charge on any atom is 0.449 e. The quantitative estimate of drug-likeness (QED) is 0.503. The molecule has 5 nitrogen and oxygen atoms in total. The van der Waals surface area contributed by atoms with Crippen LogP contribution in [0.15, 0.2) is 51.7 Å². The lowest BCUT2D eigenvalue weighted by molar-refractivity contribution is -0.146. The number of halogens is 3. The third-order valence-electron chi connectivity index (χ3n) is 4.30. The summed E-state index contributed by atoms with van der Waals surface area (Å²) in [7, 11) is 1.26. The van der Waals surface area contributed by atoms with Gasteiger partial charge in [0.2, 0.25) is 5.82 Å². The van der Waals surface area contributed by atoms with E-state index in [1.807, 2.05) is 6.07 Å². The number of rotatable bonds is 1. The Labute approximate surface area is 149 Å². The van der Waals surface area contributed by atoms with Crippen molar-refractivity contribution in [1.29, 1.82) is 5.26 Å². The molecule has 4 aromatic rings. The van der Waals surface area contributed by atoms with Gasteiger partial charge in [0.15, 0.2) is 11.0 Å². The normalized spacial score (nSPS) is 11.8. The third-order valence-corrected chi connectivity index (χ3v) is 4.30. The van der Waals surface area contributed by atoms with Gasteiger partial charge in [-0.05, 0) is 36.4 Å². The fourth-order valence-electron chi connectivity index (χ4n) is 2.97. The molecule has 8 heteroatoms. The van der Waals surface area contributed by atoms with Gasteiger partial charge in [-0.2, -0.15) is 18.4 Å². The van der Waals surface area contributed by atoms with Gasteiger partial charge in [-0.15, -0.1) is 0 Å². The van der Waals surface area contributed by atoms with Crippen LogP contribution in [0, 0.1) is 11.3 Å². The Morgan fingerprint density at radius 3 is 2.48 bits per heavy atom. The molecular weight excluding hydrogens is 359 g/mol. The number of imidazole rings is 1. The molecular formula is C19H10F3N3O2. The van der Waals surface area contributed by atoms with E-state index >= 15 is 0 Å². The molecule has 0 saturated carbocycles. The summed E-state index contributed by atoms with van der Waals surface area (Å²) in [6, 6.07) is 12.4. The first-order valence-corrected chi connectivity index (χ1v) is 7.80. The molecule has 2 aromatic carbocycles. The summed E-state index contributed by atoms with van der Waals surface area (Å²) in [5.74, 6) is -0.889. The van der Waals surface area contributed by atoms with Crippen LogP contribution in [0.25, 0.3) is 33.3 Å².